The number of nitrogens with zero attached hydrogens (tertiary/aromatic N) is 1. The zero-order chi connectivity index (χ0) is 18.6. The smallest absolute Gasteiger partial charge is 0.226 e. The van der Waals surface area contributed by atoms with E-state index in [1.165, 1.54) is 4.88 Å². The van der Waals surface area contributed by atoms with Crippen molar-refractivity contribution < 1.29 is 9.21 Å². The lowest BCUT2D eigenvalue weighted by atomic mass is 10.1. The number of oxazole rings is 1. The fourth-order valence-corrected chi connectivity index (χ4v) is 5.27. The Kier molecular flexibility index (Phi) is 5.76. The molecule has 3 heterocycles. The van der Waals surface area contributed by atoms with Gasteiger partial charge >= 0.3 is 0 Å². The molecule has 0 bridgehead atoms. The third kappa shape index (κ3) is 4.51. The summed E-state index contributed by atoms with van der Waals surface area (Å²) >= 11 is 3.65. The summed E-state index contributed by atoms with van der Waals surface area (Å²) in [5.41, 5.74) is 2.65. The van der Waals surface area contributed by atoms with Crippen molar-refractivity contribution in [1.29, 1.82) is 0 Å². The van der Waals surface area contributed by atoms with E-state index in [-0.39, 0.29) is 5.78 Å². The summed E-state index contributed by atoms with van der Waals surface area (Å²) in [5.74, 6) is 2.62. The van der Waals surface area contributed by atoms with Crippen LogP contribution in [0.4, 0.5) is 0 Å². The van der Waals surface area contributed by atoms with Crippen LogP contribution >= 0.6 is 23.1 Å². The molecule has 1 atom stereocenters. The summed E-state index contributed by atoms with van der Waals surface area (Å²) in [7, 11) is 0. The molecule has 0 spiro atoms. The molecule has 1 aromatic carbocycles. The predicted octanol–water partition coefficient (Wildman–Crippen LogP) is 4.73. The highest BCUT2D eigenvalue weighted by atomic mass is 32.2. The lowest BCUT2D eigenvalue weighted by Gasteiger charge is -2.04. The van der Waals surface area contributed by atoms with Gasteiger partial charge in [-0.15, -0.1) is 23.1 Å². The molecule has 1 N–H and O–H groups in total. The second-order valence-electron chi connectivity index (χ2n) is 6.70. The van der Waals surface area contributed by atoms with Crippen molar-refractivity contribution in [3.05, 3.63) is 63.7 Å². The molecule has 1 fully saturated rings. The lowest BCUT2D eigenvalue weighted by Crippen LogP contribution is -2.14. The van der Waals surface area contributed by atoms with E-state index in [2.05, 4.69) is 16.4 Å². The van der Waals surface area contributed by atoms with E-state index in [9.17, 15) is 4.79 Å². The van der Waals surface area contributed by atoms with Crippen LogP contribution in [0.1, 0.15) is 33.1 Å². The van der Waals surface area contributed by atoms with Crippen LogP contribution < -0.4 is 5.32 Å². The number of aromatic nitrogens is 1. The van der Waals surface area contributed by atoms with E-state index in [0.717, 1.165) is 41.4 Å². The van der Waals surface area contributed by atoms with Crippen molar-refractivity contribution >= 4 is 28.9 Å². The number of Topliss-reactive ketones (excluding diaryl/α,β-unsaturated/α-hetero) is 1. The Balaban J connectivity index is 1.37. The van der Waals surface area contributed by atoms with Gasteiger partial charge in [0.1, 0.15) is 5.76 Å². The molecule has 1 unspecified atom stereocenters. The van der Waals surface area contributed by atoms with Crippen molar-refractivity contribution in [1.82, 2.24) is 10.3 Å². The highest BCUT2D eigenvalue weighted by Gasteiger charge is 2.18. The summed E-state index contributed by atoms with van der Waals surface area (Å²) in [6, 6.07) is 11.9. The number of thiophene rings is 1. The number of ketones is 1. The monoisotopic (exact) mass is 398 g/mol. The van der Waals surface area contributed by atoms with E-state index < -0.39 is 0 Å². The molecule has 4 nitrogen and oxygen atoms in total. The number of aryl methyl sites for hydroxylation is 2. The molecule has 27 heavy (non-hydrogen) atoms. The largest absolute Gasteiger partial charge is 0.441 e. The van der Waals surface area contributed by atoms with Crippen molar-refractivity contribution in [2.45, 2.75) is 31.4 Å². The second-order valence-corrected chi connectivity index (χ2v) is 8.99. The number of rotatable bonds is 7. The maximum Gasteiger partial charge on any atom is 0.226 e. The SMILES string of the molecule is Cc1oc(-c2ccccc2)nc1CCC(=O)c1csc(CC2CNCS2)c1. The molecule has 0 aliphatic carbocycles. The van der Waals surface area contributed by atoms with E-state index in [1.807, 2.05) is 54.4 Å². The topological polar surface area (TPSA) is 55.1 Å². The minimum Gasteiger partial charge on any atom is -0.441 e. The molecule has 6 heteroatoms. The average molecular weight is 399 g/mol. The van der Waals surface area contributed by atoms with Gasteiger partial charge in [0, 0.05) is 51.9 Å². The maximum atomic E-state index is 12.6. The van der Waals surface area contributed by atoms with Gasteiger partial charge in [0.15, 0.2) is 5.78 Å². The third-order valence-corrected chi connectivity index (χ3v) is 6.83. The minimum atomic E-state index is 0.179. The molecule has 140 valence electrons. The summed E-state index contributed by atoms with van der Waals surface area (Å²) in [6.07, 6.45) is 2.10. The number of carbonyl (C=O) groups excluding carboxylic acids is 1. The molecule has 3 aromatic rings. The summed E-state index contributed by atoms with van der Waals surface area (Å²) in [5, 5.41) is 5.99. The molecule has 2 aromatic heterocycles. The van der Waals surface area contributed by atoms with Crippen molar-refractivity contribution in [3.63, 3.8) is 0 Å². The van der Waals surface area contributed by atoms with Crippen LogP contribution in [0, 0.1) is 6.92 Å². The van der Waals surface area contributed by atoms with Crippen LogP contribution in [0.2, 0.25) is 0 Å². The summed E-state index contributed by atoms with van der Waals surface area (Å²) < 4.78 is 5.79. The van der Waals surface area contributed by atoms with Crippen LogP contribution in [-0.2, 0) is 12.8 Å². The number of nitrogens with one attached hydrogen (secondary N) is 1. The fourth-order valence-electron chi connectivity index (χ4n) is 3.19. The van der Waals surface area contributed by atoms with E-state index in [0.29, 0.717) is 24.0 Å². The number of hydrogen-bond acceptors (Lipinski definition) is 6. The fraction of sp³-hybridized carbons (Fsp3) is 0.333. The first kappa shape index (κ1) is 18.5. The molecule has 0 saturated carbocycles. The molecule has 1 aliphatic rings. The van der Waals surface area contributed by atoms with Gasteiger partial charge < -0.3 is 9.73 Å². The third-order valence-electron chi connectivity index (χ3n) is 4.70. The molecule has 1 saturated heterocycles. The Morgan fingerprint density at radius 3 is 2.96 bits per heavy atom. The number of thioether (sulfide) groups is 1. The number of benzene rings is 1. The van der Waals surface area contributed by atoms with Gasteiger partial charge in [0.05, 0.1) is 5.69 Å². The van der Waals surface area contributed by atoms with Gasteiger partial charge in [-0.25, -0.2) is 4.98 Å². The molecule has 4 rings (SSSR count). The average Bonchev–Trinajstić information content (AvgIpc) is 3.43. The first-order valence-corrected chi connectivity index (χ1v) is 11.1. The van der Waals surface area contributed by atoms with Crippen molar-refractivity contribution in [3.8, 4) is 11.5 Å². The second kappa shape index (κ2) is 8.42. The first-order chi connectivity index (χ1) is 13.2. The summed E-state index contributed by atoms with van der Waals surface area (Å²) in [4.78, 5) is 18.5. The van der Waals surface area contributed by atoms with Crippen LogP contribution in [-0.4, -0.2) is 28.4 Å². The minimum absolute atomic E-state index is 0.179. The van der Waals surface area contributed by atoms with Gasteiger partial charge in [0.2, 0.25) is 5.89 Å². The van der Waals surface area contributed by atoms with E-state index in [1.54, 1.807) is 11.3 Å². The molecular weight excluding hydrogens is 376 g/mol. The highest BCUT2D eigenvalue weighted by Crippen LogP contribution is 2.25. The van der Waals surface area contributed by atoms with Gasteiger partial charge in [-0.2, -0.15) is 0 Å². The Morgan fingerprint density at radius 2 is 2.19 bits per heavy atom. The molecule has 1 aliphatic heterocycles. The Morgan fingerprint density at radius 1 is 1.33 bits per heavy atom. The van der Waals surface area contributed by atoms with Gasteiger partial charge in [0.25, 0.3) is 0 Å². The van der Waals surface area contributed by atoms with Crippen molar-refractivity contribution in [2.75, 3.05) is 12.4 Å². The first-order valence-electron chi connectivity index (χ1n) is 9.13. The Hall–Kier alpha value is -1.89. The molecule has 0 radical (unpaired) electrons. The quantitative estimate of drug-likeness (QED) is 0.583. The van der Waals surface area contributed by atoms with Gasteiger partial charge in [-0.3, -0.25) is 4.79 Å². The predicted molar refractivity (Wildman–Crippen MR) is 112 cm³/mol. The van der Waals surface area contributed by atoms with Crippen LogP contribution in [0.3, 0.4) is 0 Å². The van der Waals surface area contributed by atoms with Crippen LogP contribution in [0.15, 0.2) is 46.2 Å². The van der Waals surface area contributed by atoms with E-state index >= 15 is 0 Å². The summed E-state index contributed by atoms with van der Waals surface area (Å²) in [6.45, 7) is 2.97. The van der Waals surface area contributed by atoms with E-state index in [4.69, 9.17) is 4.42 Å². The number of hydrogen-bond donors (Lipinski definition) is 1. The van der Waals surface area contributed by atoms with Crippen LogP contribution in [0.25, 0.3) is 11.5 Å². The van der Waals surface area contributed by atoms with Crippen LogP contribution in [0.5, 0.6) is 0 Å². The number of carbonyl (C=O) groups is 1. The Bertz CT molecular complexity index is 911. The van der Waals surface area contributed by atoms with Gasteiger partial charge in [-0.05, 0) is 31.5 Å². The lowest BCUT2D eigenvalue weighted by molar-refractivity contribution is 0.0983. The normalized spacial score (nSPS) is 16.7. The highest BCUT2D eigenvalue weighted by molar-refractivity contribution is 8.00. The zero-order valence-electron chi connectivity index (χ0n) is 15.2. The van der Waals surface area contributed by atoms with Crippen molar-refractivity contribution in [2.24, 2.45) is 0 Å². The molecule has 0 amide bonds. The Labute approximate surface area is 167 Å². The maximum absolute atomic E-state index is 12.6. The molecular formula is C21H22N2O2S2. The zero-order valence-corrected chi connectivity index (χ0v) is 16.9. The standard InChI is InChI=1S/C21H22N2O2S2/c1-14-19(23-21(25-14)15-5-3-2-4-6-15)7-8-20(24)16-9-17(26-12-16)10-18-11-22-13-27-18/h2-6,9,12,18,22H,7-8,10-11,13H2,1H3. The van der Waals surface area contributed by atoms with Gasteiger partial charge in [-0.1, -0.05) is 18.2 Å².